The quantitative estimate of drug-likeness (QED) is 0.356. The number of aromatic nitrogens is 2. The lowest BCUT2D eigenvalue weighted by molar-refractivity contribution is -0.117. The van der Waals surface area contributed by atoms with Gasteiger partial charge in [0, 0.05) is 23.5 Å². The molecule has 0 saturated carbocycles. The summed E-state index contributed by atoms with van der Waals surface area (Å²) in [7, 11) is 1.66. The molecule has 0 bridgehead atoms. The molecule has 2 heterocycles. The Morgan fingerprint density at radius 3 is 2.46 bits per heavy atom. The summed E-state index contributed by atoms with van der Waals surface area (Å²) in [5.74, 6) is -1.06. The van der Waals surface area contributed by atoms with Crippen LogP contribution in [0.15, 0.2) is 83.9 Å². The summed E-state index contributed by atoms with van der Waals surface area (Å²) in [5.41, 5.74) is 3.57. The molecule has 1 amide bonds. The number of benzene rings is 2. The predicted molar refractivity (Wildman–Crippen MR) is 141 cm³/mol. The summed E-state index contributed by atoms with van der Waals surface area (Å²) in [6, 6.07) is 17.6. The van der Waals surface area contributed by atoms with E-state index in [1.165, 1.54) is 30.5 Å². The van der Waals surface area contributed by atoms with Crippen molar-refractivity contribution in [2.75, 3.05) is 12.4 Å². The van der Waals surface area contributed by atoms with Gasteiger partial charge in [0.25, 0.3) is 5.56 Å². The molecule has 8 heteroatoms. The molecule has 37 heavy (non-hydrogen) atoms. The lowest BCUT2D eigenvalue weighted by Gasteiger charge is -2.17. The van der Waals surface area contributed by atoms with E-state index >= 15 is 0 Å². The number of carbonyl (C=O) groups is 2. The first kappa shape index (κ1) is 25.7. The molecule has 0 spiro atoms. The van der Waals surface area contributed by atoms with Crippen LogP contribution in [0, 0.1) is 12.7 Å². The van der Waals surface area contributed by atoms with E-state index in [4.69, 9.17) is 0 Å². The highest BCUT2D eigenvalue weighted by Crippen LogP contribution is 2.22. The van der Waals surface area contributed by atoms with E-state index in [-0.39, 0.29) is 29.5 Å². The highest BCUT2D eigenvalue weighted by Gasteiger charge is 2.17. The highest BCUT2D eigenvalue weighted by molar-refractivity contribution is 6.08. The van der Waals surface area contributed by atoms with E-state index in [0.717, 1.165) is 11.1 Å². The first-order chi connectivity index (χ1) is 17.8. The largest absolute Gasteiger partial charge is 0.320 e. The SMILES string of the molecule is CN[C@@H](C)C(=O)Nc1ccc(-c2cccc(C)c2)n(Cc2cncc(C(=O)c3ccc(F)cc3)c2)c1=O. The summed E-state index contributed by atoms with van der Waals surface area (Å²) >= 11 is 0. The van der Waals surface area contributed by atoms with Crippen molar-refractivity contribution >= 4 is 17.4 Å². The van der Waals surface area contributed by atoms with E-state index in [2.05, 4.69) is 15.6 Å². The van der Waals surface area contributed by atoms with Crippen molar-refractivity contribution in [2.24, 2.45) is 0 Å². The average Bonchev–Trinajstić information content (AvgIpc) is 2.90. The normalized spacial score (nSPS) is 11.7. The number of nitrogens with one attached hydrogen (secondary N) is 2. The van der Waals surface area contributed by atoms with Crippen molar-refractivity contribution in [3.63, 3.8) is 0 Å². The van der Waals surface area contributed by atoms with Gasteiger partial charge in [0.05, 0.1) is 18.3 Å². The van der Waals surface area contributed by atoms with E-state index in [1.54, 1.807) is 42.9 Å². The van der Waals surface area contributed by atoms with Gasteiger partial charge in [-0.1, -0.05) is 23.8 Å². The molecular weight excluding hydrogens is 471 g/mol. The maximum absolute atomic E-state index is 13.6. The van der Waals surface area contributed by atoms with E-state index < -0.39 is 11.9 Å². The van der Waals surface area contributed by atoms with Gasteiger partial charge in [-0.05, 0) is 80.6 Å². The Kier molecular flexibility index (Phi) is 7.69. The Bertz CT molecular complexity index is 1510. The van der Waals surface area contributed by atoms with E-state index in [1.807, 2.05) is 31.2 Å². The van der Waals surface area contributed by atoms with Gasteiger partial charge in [0.15, 0.2) is 5.78 Å². The molecule has 0 aliphatic carbocycles. The second kappa shape index (κ2) is 11.1. The molecule has 2 aromatic heterocycles. The number of anilines is 1. The number of carbonyl (C=O) groups excluding carboxylic acids is 2. The number of amides is 1. The lowest BCUT2D eigenvalue weighted by Crippen LogP contribution is -2.37. The van der Waals surface area contributed by atoms with E-state index in [9.17, 15) is 18.8 Å². The van der Waals surface area contributed by atoms with Gasteiger partial charge in [-0.3, -0.25) is 19.4 Å². The number of hydrogen-bond acceptors (Lipinski definition) is 5. The molecule has 4 rings (SSSR count). The van der Waals surface area contributed by atoms with Gasteiger partial charge in [-0.2, -0.15) is 0 Å². The molecule has 0 radical (unpaired) electrons. The zero-order valence-corrected chi connectivity index (χ0v) is 20.8. The molecule has 0 fully saturated rings. The number of likely N-dealkylation sites (N-methyl/N-ethyl adjacent to an activating group) is 1. The Hall–Kier alpha value is -4.43. The van der Waals surface area contributed by atoms with Crippen molar-refractivity contribution in [1.29, 1.82) is 0 Å². The summed E-state index contributed by atoms with van der Waals surface area (Å²) < 4.78 is 14.8. The van der Waals surface area contributed by atoms with Crippen LogP contribution in [-0.2, 0) is 11.3 Å². The molecule has 2 N–H and O–H groups in total. The highest BCUT2D eigenvalue weighted by atomic mass is 19.1. The number of rotatable bonds is 8. The molecule has 0 aliphatic rings. The standard InChI is InChI=1S/C29H27FN4O3/c1-18-5-4-6-22(13-18)26-12-11-25(33-28(36)19(2)31-3)29(37)34(26)17-20-14-23(16-32-15-20)27(35)21-7-9-24(30)10-8-21/h4-16,19,31H,17H2,1-3H3,(H,33,36)/t19-/m0/s1. The van der Waals surface area contributed by atoms with Gasteiger partial charge in [-0.25, -0.2) is 4.39 Å². The summed E-state index contributed by atoms with van der Waals surface area (Å²) in [6.45, 7) is 3.78. The van der Waals surface area contributed by atoms with Crippen LogP contribution in [0.2, 0.25) is 0 Å². The molecule has 188 valence electrons. The molecular formula is C29H27FN4O3. The van der Waals surface area contributed by atoms with Crippen LogP contribution in [0.1, 0.15) is 34.0 Å². The maximum Gasteiger partial charge on any atom is 0.275 e. The van der Waals surface area contributed by atoms with Crippen molar-refractivity contribution in [1.82, 2.24) is 14.9 Å². The second-order valence-corrected chi connectivity index (χ2v) is 8.81. The van der Waals surface area contributed by atoms with Crippen LogP contribution in [0.4, 0.5) is 10.1 Å². The fourth-order valence-electron chi connectivity index (χ4n) is 3.91. The fourth-order valence-corrected chi connectivity index (χ4v) is 3.91. The average molecular weight is 499 g/mol. The minimum Gasteiger partial charge on any atom is -0.320 e. The van der Waals surface area contributed by atoms with Gasteiger partial charge in [-0.15, -0.1) is 0 Å². The Labute approximate surface area is 214 Å². The Balaban J connectivity index is 1.75. The monoisotopic (exact) mass is 498 g/mol. The third-order valence-electron chi connectivity index (χ3n) is 6.08. The first-order valence-electron chi connectivity index (χ1n) is 11.8. The van der Waals surface area contributed by atoms with Crippen LogP contribution in [-0.4, -0.2) is 34.3 Å². The summed E-state index contributed by atoms with van der Waals surface area (Å²) in [6.07, 6.45) is 3.03. The van der Waals surface area contributed by atoms with Gasteiger partial charge >= 0.3 is 0 Å². The smallest absolute Gasteiger partial charge is 0.275 e. The van der Waals surface area contributed by atoms with Crippen LogP contribution >= 0.6 is 0 Å². The van der Waals surface area contributed by atoms with Gasteiger partial charge in [0.1, 0.15) is 11.5 Å². The number of nitrogens with zero attached hydrogens (tertiary/aromatic N) is 2. The van der Waals surface area contributed by atoms with Crippen molar-refractivity contribution in [3.05, 3.63) is 118 Å². The molecule has 0 unspecified atom stereocenters. The van der Waals surface area contributed by atoms with Gasteiger partial charge in [0.2, 0.25) is 5.91 Å². The van der Waals surface area contributed by atoms with Crippen molar-refractivity contribution in [3.8, 4) is 11.3 Å². The minimum absolute atomic E-state index is 0.116. The second-order valence-electron chi connectivity index (χ2n) is 8.81. The molecule has 2 aromatic carbocycles. The fraction of sp³-hybridized carbons (Fsp3) is 0.172. The summed E-state index contributed by atoms with van der Waals surface area (Å²) in [5, 5.41) is 5.55. The number of ketones is 1. The number of hydrogen-bond donors (Lipinski definition) is 2. The third-order valence-corrected chi connectivity index (χ3v) is 6.08. The molecule has 0 saturated heterocycles. The van der Waals surface area contributed by atoms with Crippen LogP contribution in [0.3, 0.4) is 0 Å². The molecule has 1 atom stereocenters. The molecule has 4 aromatic rings. The first-order valence-corrected chi connectivity index (χ1v) is 11.8. The lowest BCUT2D eigenvalue weighted by atomic mass is 10.0. The Morgan fingerprint density at radius 1 is 1.00 bits per heavy atom. The molecule has 7 nitrogen and oxygen atoms in total. The predicted octanol–water partition coefficient (Wildman–Crippen LogP) is 4.18. The minimum atomic E-state index is -0.484. The van der Waals surface area contributed by atoms with Crippen molar-refractivity contribution < 1.29 is 14.0 Å². The third kappa shape index (κ3) is 5.87. The van der Waals surface area contributed by atoms with Crippen molar-refractivity contribution in [2.45, 2.75) is 26.4 Å². The van der Waals surface area contributed by atoms with Crippen LogP contribution < -0.4 is 16.2 Å². The number of aryl methyl sites for hydroxylation is 1. The zero-order chi connectivity index (χ0) is 26.5. The number of pyridine rings is 2. The summed E-state index contributed by atoms with van der Waals surface area (Å²) in [4.78, 5) is 43.2. The van der Waals surface area contributed by atoms with E-state index in [0.29, 0.717) is 22.4 Å². The maximum atomic E-state index is 13.6. The van der Waals surface area contributed by atoms with Gasteiger partial charge < -0.3 is 15.2 Å². The number of halogens is 1. The zero-order valence-electron chi connectivity index (χ0n) is 20.8. The van der Waals surface area contributed by atoms with Crippen LogP contribution in [0.5, 0.6) is 0 Å². The van der Waals surface area contributed by atoms with Crippen LogP contribution in [0.25, 0.3) is 11.3 Å². The molecule has 0 aliphatic heterocycles. The Morgan fingerprint density at radius 2 is 1.76 bits per heavy atom. The topological polar surface area (TPSA) is 93.1 Å².